The normalized spacial score (nSPS) is 17.1. The molecule has 0 radical (unpaired) electrons. The molecule has 1 atom stereocenters. The quantitative estimate of drug-likeness (QED) is 0.620. The Morgan fingerprint density at radius 3 is 2.80 bits per heavy atom. The minimum atomic E-state index is -1.18. The standard InChI is InChI=1S/C14H15BrO5/c1-3-18-9-5-8-6-11(16)13(14(17)19-4-2)20-12(8)10(15)7-9/h5,7,13H,3-4,6H2,1-2H3. The summed E-state index contributed by atoms with van der Waals surface area (Å²) in [6.07, 6.45) is -1.06. The number of halogens is 1. The average Bonchev–Trinajstić information content (AvgIpc) is 2.38. The van der Waals surface area contributed by atoms with E-state index in [1.54, 1.807) is 19.1 Å². The highest BCUT2D eigenvalue weighted by Crippen LogP contribution is 2.37. The first-order chi connectivity index (χ1) is 9.56. The van der Waals surface area contributed by atoms with E-state index in [4.69, 9.17) is 14.2 Å². The zero-order chi connectivity index (χ0) is 14.7. The van der Waals surface area contributed by atoms with Crippen LogP contribution in [0.2, 0.25) is 0 Å². The zero-order valence-corrected chi connectivity index (χ0v) is 12.9. The van der Waals surface area contributed by atoms with Gasteiger partial charge in [0.25, 0.3) is 6.10 Å². The third kappa shape index (κ3) is 2.95. The second kappa shape index (κ2) is 6.26. The van der Waals surface area contributed by atoms with Crippen LogP contribution in [-0.4, -0.2) is 31.1 Å². The summed E-state index contributed by atoms with van der Waals surface area (Å²) < 4.78 is 16.4. The van der Waals surface area contributed by atoms with Crippen molar-refractivity contribution in [1.29, 1.82) is 0 Å². The number of esters is 1. The van der Waals surface area contributed by atoms with E-state index >= 15 is 0 Å². The van der Waals surface area contributed by atoms with Crippen LogP contribution >= 0.6 is 15.9 Å². The molecule has 2 rings (SSSR count). The first-order valence-electron chi connectivity index (χ1n) is 6.38. The number of carbonyl (C=O) groups is 2. The molecule has 108 valence electrons. The van der Waals surface area contributed by atoms with Crippen LogP contribution in [0, 0.1) is 0 Å². The molecule has 0 aromatic heterocycles. The Hall–Kier alpha value is -1.56. The van der Waals surface area contributed by atoms with Gasteiger partial charge in [-0.15, -0.1) is 0 Å². The Labute approximate surface area is 125 Å². The summed E-state index contributed by atoms with van der Waals surface area (Å²) in [4.78, 5) is 23.7. The minimum absolute atomic E-state index is 0.123. The van der Waals surface area contributed by atoms with E-state index in [1.807, 2.05) is 6.92 Å². The van der Waals surface area contributed by atoms with Crippen molar-refractivity contribution in [3.05, 3.63) is 22.2 Å². The van der Waals surface area contributed by atoms with Gasteiger partial charge in [0.05, 0.1) is 17.7 Å². The van der Waals surface area contributed by atoms with Crippen molar-refractivity contribution in [3.63, 3.8) is 0 Å². The maximum Gasteiger partial charge on any atom is 0.355 e. The monoisotopic (exact) mass is 342 g/mol. The Bertz CT molecular complexity index is 541. The lowest BCUT2D eigenvalue weighted by atomic mass is 10.0. The molecule has 6 heteroatoms. The molecule has 20 heavy (non-hydrogen) atoms. The van der Waals surface area contributed by atoms with Gasteiger partial charge in [-0.2, -0.15) is 0 Å². The largest absolute Gasteiger partial charge is 0.494 e. The maximum atomic E-state index is 12.0. The van der Waals surface area contributed by atoms with Crippen LogP contribution in [0.5, 0.6) is 11.5 Å². The maximum absolute atomic E-state index is 12.0. The molecule has 0 spiro atoms. The third-order valence-electron chi connectivity index (χ3n) is 2.80. The summed E-state index contributed by atoms with van der Waals surface area (Å²) in [5.74, 6) is 0.190. The van der Waals surface area contributed by atoms with E-state index in [1.165, 1.54) is 0 Å². The molecule has 0 fully saturated rings. The van der Waals surface area contributed by atoms with Gasteiger partial charge in [-0.25, -0.2) is 4.79 Å². The Balaban J connectivity index is 2.29. The number of Topliss-reactive ketones (excluding diaryl/α,β-unsaturated/α-hetero) is 1. The smallest absolute Gasteiger partial charge is 0.355 e. The number of fused-ring (bicyclic) bond motifs is 1. The van der Waals surface area contributed by atoms with Gasteiger partial charge >= 0.3 is 5.97 Å². The third-order valence-corrected chi connectivity index (χ3v) is 3.39. The van der Waals surface area contributed by atoms with Crippen LogP contribution in [0.4, 0.5) is 0 Å². The van der Waals surface area contributed by atoms with Crippen molar-refractivity contribution in [1.82, 2.24) is 0 Å². The molecule has 0 saturated heterocycles. The summed E-state index contributed by atoms with van der Waals surface area (Å²) in [6, 6.07) is 3.50. The van der Waals surface area contributed by atoms with Crippen LogP contribution in [-0.2, 0) is 20.7 Å². The molecular formula is C14H15BrO5. The molecule has 0 bridgehead atoms. The Morgan fingerprint density at radius 1 is 1.40 bits per heavy atom. The summed E-state index contributed by atoms with van der Waals surface area (Å²) >= 11 is 3.37. The van der Waals surface area contributed by atoms with E-state index in [9.17, 15) is 9.59 Å². The van der Waals surface area contributed by atoms with Gasteiger partial charge in [-0.1, -0.05) is 0 Å². The average molecular weight is 343 g/mol. The van der Waals surface area contributed by atoms with Gasteiger partial charge in [0.1, 0.15) is 11.5 Å². The SMILES string of the molecule is CCOC(=O)C1Oc2c(Br)cc(OCC)cc2CC1=O. The second-order valence-electron chi connectivity index (χ2n) is 4.22. The van der Waals surface area contributed by atoms with Crippen molar-refractivity contribution < 1.29 is 23.8 Å². The number of ketones is 1. The number of benzene rings is 1. The van der Waals surface area contributed by atoms with Gasteiger partial charge in [-0.05, 0) is 41.9 Å². The minimum Gasteiger partial charge on any atom is -0.494 e. The number of hydrogen-bond acceptors (Lipinski definition) is 5. The highest BCUT2D eigenvalue weighted by molar-refractivity contribution is 9.10. The van der Waals surface area contributed by atoms with E-state index in [0.717, 1.165) is 0 Å². The van der Waals surface area contributed by atoms with Gasteiger partial charge in [0.2, 0.25) is 0 Å². The molecule has 5 nitrogen and oxygen atoms in total. The summed E-state index contributed by atoms with van der Waals surface area (Å²) in [7, 11) is 0. The lowest BCUT2D eigenvalue weighted by molar-refractivity contribution is -0.156. The summed E-state index contributed by atoms with van der Waals surface area (Å²) in [6.45, 7) is 4.31. The van der Waals surface area contributed by atoms with Gasteiger partial charge in [-0.3, -0.25) is 4.79 Å². The second-order valence-corrected chi connectivity index (χ2v) is 5.07. The molecule has 1 heterocycles. The predicted octanol–water partition coefficient (Wildman–Crippen LogP) is 2.28. The molecule has 1 aromatic carbocycles. The Kier molecular flexibility index (Phi) is 4.65. The van der Waals surface area contributed by atoms with Crippen molar-refractivity contribution in [2.45, 2.75) is 26.4 Å². The van der Waals surface area contributed by atoms with Gasteiger partial charge < -0.3 is 14.2 Å². The molecule has 0 amide bonds. The molecule has 0 saturated carbocycles. The first-order valence-corrected chi connectivity index (χ1v) is 7.17. The predicted molar refractivity (Wildman–Crippen MR) is 75.1 cm³/mol. The molecule has 0 aliphatic carbocycles. The fraction of sp³-hybridized carbons (Fsp3) is 0.429. The van der Waals surface area contributed by atoms with E-state index in [2.05, 4.69) is 15.9 Å². The van der Waals surface area contributed by atoms with Crippen molar-refractivity contribution in [3.8, 4) is 11.5 Å². The van der Waals surface area contributed by atoms with E-state index in [0.29, 0.717) is 28.1 Å². The van der Waals surface area contributed by atoms with Gasteiger partial charge in [0.15, 0.2) is 5.78 Å². The van der Waals surface area contributed by atoms with Crippen LogP contribution in [0.25, 0.3) is 0 Å². The zero-order valence-electron chi connectivity index (χ0n) is 11.3. The van der Waals surface area contributed by atoms with Crippen LogP contribution in [0.1, 0.15) is 19.4 Å². The molecule has 0 N–H and O–H groups in total. The highest BCUT2D eigenvalue weighted by Gasteiger charge is 2.36. The Morgan fingerprint density at radius 2 is 2.15 bits per heavy atom. The number of carbonyl (C=O) groups excluding carboxylic acids is 2. The van der Waals surface area contributed by atoms with E-state index in [-0.39, 0.29) is 18.8 Å². The van der Waals surface area contributed by atoms with Crippen molar-refractivity contribution in [2.24, 2.45) is 0 Å². The van der Waals surface area contributed by atoms with Crippen LogP contribution in [0.3, 0.4) is 0 Å². The van der Waals surface area contributed by atoms with Crippen LogP contribution in [0.15, 0.2) is 16.6 Å². The fourth-order valence-electron chi connectivity index (χ4n) is 2.00. The first kappa shape index (κ1) is 14.8. The molecule has 1 aliphatic rings. The summed E-state index contributed by atoms with van der Waals surface area (Å²) in [5, 5.41) is 0. The summed E-state index contributed by atoms with van der Waals surface area (Å²) in [5.41, 5.74) is 0.702. The van der Waals surface area contributed by atoms with Crippen molar-refractivity contribution in [2.75, 3.05) is 13.2 Å². The number of ether oxygens (including phenoxy) is 3. The fourth-order valence-corrected chi connectivity index (χ4v) is 2.57. The van der Waals surface area contributed by atoms with E-state index < -0.39 is 12.1 Å². The number of rotatable bonds is 4. The molecule has 1 aromatic rings. The molecular weight excluding hydrogens is 328 g/mol. The molecule has 1 unspecified atom stereocenters. The van der Waals surface area contributed by atoms with Crippen molar-refractivity contribution >= 4 is 27.7 Å². The lowest BCUT2D eigenvalue weighted by Gasteiger charge is -2.25. The lowest BCUT2D eigenvalue weighted by Crippen LogP contribution is -2.41. The highest BCUT2D eigenvalue weighted by atomic mass is 79.9. The van der Waals surface area contributed by atoms with Gasteiger partial charge in [0, 0.05) is 12.0 Å². The molecule has 1 aliphatic heterocycles. The topological polar surface area (TPSA) is 61.8 Å². The van der Waals surface area contributed by atoms with Crippen LogP contribution < -0.4 is 9.47 Å². The number of hydrogen-bond donors (Lipinski definition) is 0.